The summed E-state index contributed by atoms with van der Waals surface area (Å²) in [6.45, 7) is 4.54. The van der Waals surface area contributed by atoms with E-state index >= 15 is 0 Å². The lowest BCUT2D eigenvalue weighted by molar-refractivity contribution is 0.509. The molecule has 1 aliphatic rings. The largest absolute Gasteiger partial charge is 0.259 e. The van der Waals surface area contributed by atoms with Crippen molar-refractivity contribution in [3.63, 3.8) is 0 Å². The smallest absolute Gasteiger partial charge is 0.176 e. The van der Waals surface area contributed by atoms with Gasteiger partial charge in [0.05, 0.1) is 5.39 Å². The van der Waals surface area contributed by atoms with Crippen LogP contribution in [0.4, 0.5) is 0 Å². The van der Waals surface area contributed by atoms with Crippen molar-refractivity contribution in [3.8, 4) is 0 Å². The molecule has 1 unspecified atom stereocenters. The van der Waals surface area contributed by atoms with Crippen molar-refractivity contribution in [2.45, 2.75) is 44.7 Å². The third-order valence-electron chi connectivity index (χ3n) is 4.10. The van der Waals surface area contributed by atoms with E-state index in [1.54, 1.807) is 18.1 Å². The fourth-order valence-electron chi connectivity index (χ4n) is 3.03. The molecule has 0 amide bonds. The minimum atomic E-state index is 0.786. The molecule has 0 aliphatic heterocycles. The molecule has 0 saturated carbocycles. The van der Waals surface area contributed by atoms with Crippen LogP contribution >= 0.6 is 23.1 Å². The Morgan fingerprint density at radius 3 is 3.24 bits per heavy atom. The standard InChI is InChI=1S/C15H18N4S2/c1-3-6-20-15-17-14-12(13-18-16-8-19(13)15)10-5-4-9(2)7-11(10)21-14/h8-9H,3-7H2,1-2H3. The van der Waals surface area contributed by atoms with Crippen molar-refractivity contribution in [2.24, 2.45) is 5.92 Å². The first kappa shape index (κ1) is 13.5. The number of thiophene rings is 1. The quantitative estimate of drug-likeness (QED) is 0.541. The van der Waals surface area contributed by atoms with Crippen LogP contribution in [0.15, 0.2) is 11.5 Å². The van der Waals surface area contributed by atoms with Crippen molar-refractivity contribution in [1.82, 2.24) is 19.6 Å². The molecule has 0 bridgehead atoms. The van der Waals surface area contributed by atoms with Gasteiger partial charge in [0.15, 0.2) is 10.8 Å². The Labute approximate surface area is 132 Å². The summed E-state index contributed by atoms with van der Waals surface area (Å²) in [6.07, 6.45) is 6.56. The van der Waals surface area contributed by atoms with Crippen molar-refractivity contribution in [1.29, 1.82) is 0 Å². The molecule has 4 rings (SSSR count). The zero-order valence-electron chi connectivity index (χ0n) is 12.3. The fraction of sp³-hybridized carbons (Fsp3) is 0.533. The minimum absolute atomic E-state index is 0.786. The molecule has 21 heavy (non-hydrogen) atoms. The summed E-state index contributed by atoms with van der Waals surface area (Å²) < 4.78 is 2.06. The lowest BCUT2D eigenvalue weighted by atomic mass is 9.89. The van der Waals surface area contributed by atoms with E-state index in [2.05, 4.69) is 28.4 Å². The van der Waals surface area contributed by atoms with Gasteiger partial charge in [-0.3, -0.25) is 4.40 Å². The number of thioether (sulfide) groups is 1. The lowest BCUT2D eigenvalue weighted by Gasteiger charge is -2.17. The number of aryl methyl sites for hydroxylation is 1. The third kappa shape index (κ3) is 2.16. The van der Waals surface area contributed by atoms with Crippen LogP contribution in [0.2, 0.25) is 0 Å². The summed E-state index contributed by atoms with van der Waals surface area (Å²) in [5, 5.41) is 10.8. The van der Waals surface area contributed by atoms with E-state index in [0.29, 0.717) is 0 Å². The molecule has 0 fully saturated rings. The van der Waals surface area contributed by atoms with Crippen LogP contribution in [0, 0.1) is 5.92 Å². The van der Waals surface area contributed by atoms with Crippen molar-refractivity contribution >= 4 is 39.0 Å². The number of aromatic nitrogens is 4. The Hall–Kier alpha value is -1.14. The van der Waals surface area contributed by atoms with Gasteiger partial charge >= 0.3 is 0 Å². The van der Waals surface area contributed by atoms with Gasteiger partial charge in [0.1, 0.15) is 11.2 Å². The van der Waals surface area contributed by atoms with E-state index in [1.165, 1.54) is 28.7 Å². The summed E-state index contributed by atoms with van der Waals surface area (Å²) in [6, 6.07) is 0. The number of fused-ring (bicyclic) bond motifs is 5. The van der Waals surface area contributed by atoms with Crippen LogP contribution < -0.4 is 0 Å². The molecular weight excluding hydrogens is 300 g/mol. The highest BCUT2D eigenvalue weighted by atomic mass is 32.2. The van der Waals surface area contributed by atoms with E-state index in [0.717, 1.165) is 40.1 Å². The van der Waals surface area contributed by atoms with Crippen LogP contribution in [-0.2, 0) is 12.8 Å². The first-order valence-electron chi connectivity index (χ1n) is 7.54. The molecule has 3 heterocycles. The van der Waals surface area contributed by atoms with Gasteiger partial charge in [0.25, 0.3) is 0 Å². The highest BCUT2D eigenvalue weighted by Gasteiger charge is 2.24. The summed E-state index contributed by atoms with van der Waals surface area (Å²) in [4.78, 5) is 7.57. The summed E-state index contributed by atoms with van der Waals surface area (Å²) >= 11 is 3.66. The molecule has 0 saturated heterocycles. The molecule has 1 aliphatic carbocycles. The van der Waals surface area contributed by atoms with Crippen molar-refractivity contribution in [2.75, 3.05) is 5.75 Å². The molecule has 6 heteroatoms. The molecule has 3 aromatic heterocycles. The Morgan fingerprint density at radius 2 is 2.38 bits per heavy atom. The van der Waals surface area contributed by atoms with E-state index < -0.39 is 0 Å². The monoisotopic (exact) mass is 318 g/mol. The SMILES string of the molecule is CCCSc1nc2sc3c(c2c2nncn12)CCC(C)C3. The number of hydrogen-bond acceptors (Lipinski definition) is 5. The number of nitrogens with zero attached hydrogens (tertiary/aromatic N) is 4. The number of hydrogen-bond donors (Lipinski definition) is 0. The van der Waals surface area contributed by atoms with Crippen LogP contribution in [0.25, 0.3) is 15.9 Å². The third-order valence-corrected chi connectivity index (χ3v) is 6.41. The van der Waals surface area contributed by atoms with Gasteiger partial charge < -0.3 is 0 Å². The average Bonchev–Trinajstić information content (AvgIpc) is 3.07. The number of rotatable bonds is 3. The van der Waals surface area contributed by atoms with E-state index in [-0.39, 0.29) is 0 Å². The van der Waals surface area contributed by atoms with Gasteiger partial charge in [-0.15, -0.1) is 21.5 Å². The average molecular weight is 318 g/mol. The van der Waals surface area contributed by atoms with Crippen LogP contribution in [0.1, 0.15) is 37.1 Å². The molecule has 110 valence electrons. The second kappa shape index (κ2) is 5.25. The van der Waals surface area contributed by atoms with Gasteiger partial charge in [-0.2, -0.15) is 0 Å². The zero-order chi connectivity index (χ0) is 14.4. The second-order valence-electron chi connectivity index (χ2n) is 5.80. The molecule has 4 nitrogen and oxygen atoms in total. The Balaban J connectivity index is 1.96. The van der Waals surface area contributed by atoms with E-state index in [4.69, 9.17) is 4.98 Å². The normalized spacial score (nSPS) is 18.5. The fourth-order valence-corrected chi connectivity index (χ4v) is 5.28. The van der Waals surface area contributed by atoms with Crippen LogP contribution in [0.3, 0.4) is 0 Å². The van der Waals surface area contributed by atoms with Crippen molar-refractivity contribution < 1.29 is 0 Å². The first-order valence-corrected chi connectivity index (χ1v) is 9.35. The second-order valence-corrected chi connectivity index (χ2v) is 7.94. The molecule has 0 N–H and O–H groups in total. The predicted molar refractivity (Wildman–Crippen MR) is 88.4 cm³/mol. The molecule has 0 aromatic carbocycles. The maximum absolute atomic E-state index is 4.91. The highest BCUT2D eigenvalue weighted by molar-refractivity contribution is 7.99. The zero-order valence-corrected chi connectivity index (χ0v) is 13.9. The van der Waals surface area contributed by atoms with Gasteiger partial charge in [0, 0.05) is 10.6 Å². The Bertz CT molecular complexity index is 805. The molecular formula is C15H18N4S2. The van der Waals surface area contributed by atoms with Gasteiger partial charge in [-0.25, -0.2) is 4.98 Å². The van der Waals surface area contributed by atoms with Gasteiger partial charge in [0.2, 0.25) is 0 Å². The van der Waals surface area contributed by atoms with Gasteiger partial charge in [-0.05, 0) is 37.2 Å². The topological polar surface area (TPSA) is 43.1 Å². The Morgan fingerprint density at radius 1 is 1.48 bits per heavy atom. The van der Waals surface area contributed by atoms with Crippen LogP contribution in [-0.4, -0.2) is 25.3 Å². The van der Waals surface area contributed by atoms with E-state index in [9.17, 15) is 0 Å². The molecule has 0 radical (unpaired) electrons. The van der Waals surface area contributed by atoms with Crippen molar-refractivity contribution in [3.05, 3.63) is 16.8 Å². The van der Waals surface area contributed by atoms with Crippen LogP contribution in [0.5, 0.6) is 0 Å². The maximum atomic E-state index is 4.91. The predicted octanol–water partition coefficient (Wildman–Crippen LogP) is 3.97. The van der Waals surface area contributed by atoms with Gasteiger partial charge in [-0.1, -0.05) is 25.6 Å². The summed E-state index contributed by atoms with van der Waals surface area (Å²) in [5.41, 5.74) is 2.47. The summed E-state index contributed by atoms with van der Waals surface area (Å²) in [7, 11) is 0. The molecule has 0 spiro atoms. The Kier molecular flexibility index (Phi) is 3.38. The highest BCUT2D eigenvalue weighted by Crippen LogP contribution is 2.39. The molecule has 1 atom stereocenters. The summed E-state index contributed by atoms with van der Waals surface area (Å²) in [5.74, 6) is 1.86. The minimum Gasteiger partial charge on any atom is -0.259 e. The lowest BCUT2D eigenvalue weighted by Crippen LogP contribution is -2.08. The van der Waals surface area contributed by atoms with E-state index in [1.807, 2.05) is 11.3 Å². The first-order chi connectivity index (χ1) is 10.3. The maximum Gasteiger partial charge on any atom is 0.176 e. The molecule has 3 aromatic rings.